The minimum Gasteiger partial charge on any atom is -0.343 e. The van der Waals surface area contributed by atoms with Gasteiger partial charge in [-0.1, -0.05) is 35.5 Å². The van der Waals surface area contributed by atoms with Crippen molar-refractivity contribution >= 4 is 40.2 Å². The topological polar surface area (TPSA) is 55.2 Å². The Bertz CT molecular complexity index is 1080. The molecule has 2 heterocycles. The first kappa shape index (κ1) is 20.0. The molecule has 1 fully saturated rings. The minimum atomic E-state index is -0.122. The number of halogens is 1. The van der Waals surface area contributed by atoms with E-state index in [9.17, 15) is 9.59 Å². The fraction of sp³-hybridized carbons (Fsp3) is 0.318. The summed E-state index contributed by atoms with van der Waals surface area (Å²) in [6, 6.07) is 14.5. The predicted molar refractivity (Wildman–Crippen MR) is 118 cm³/mol. The summed E-state index contributed by atoms with van der Waals surface area (Å²) in [6.45, 7) is 1.71. The fourth-order valence-electron chi connectivity index (χ4n) is 3.56. The average Bonchev–Trinajstić information content (AvgIpc) is 2.75. The Morgan fingerprint density at radius 2 is 1.76 bits per heavy atom. The quantitative estimate of drug-likeness (QED) is 0.443. The molecule has 2 aromatic carbocycles. The number of benzene rings is 2. The van der Waals surface area contributed by atoms with Crippen molar-refractivity contribution in [1.82, 2.24) is 14.5 Å². The van der Waals surface area contributed by atoms with Crippen LogP contribution in [-0.4, -0.2) is 39.2 Å². The second-order valence-corrected chi connectivity index (χ2v) is 8.57. The first-order valence-corrected chi connectivity index (χ1v) is 11.2. The summed E-state index contributed by atoms with van der Waals surface area (Å²) in [6.07, 6.45) is 3.81. The standard InChI is InChI=1S/C22H22ClN3O2S/c23-16-8-10-17(11-9-16)26-21(28)18-6-2-3-7-19(18)24-22(26)29-15-12-20(27)25-13-4-1-5-14-25/h2-3,6-11H,1,4-5,12-15H2. The normalized spacial score (nSPS) is 14.3. The van der Waals surface area contributed by atoms with Crippen molar-refractivity contribution in [3.05, 3.63) is 63.9 Å². The molecule has 0 atom stereocenters. The maximum Gasteiger partial charge on any atom is 0.266 e. The van der Waals surface area contributed by atoms with Crippen LogP contribution >= 0.6 is 23.4 Å². The van der Waals surface area contributed by atoms with E-state index in [1.807, 2.05) is 35.2 Å². The van der Waals surface area contributed by atoms with E-state index in [1.54, 1.807) is 22.8 Å². The van der Waals surface area contributed by atoms with Crippen molar-refractivity contribution in [2.75, 3.05) is 18.8 Å². The van der Waals surface area contributed by atoms with E-state index < -0.39 is 0 Å². The van der Waals surface area contributed by atoms with E-state index in [4.69, 9.17) is 16.6 Å². The van der Waals surface area contributed by atoms with Crippen LogP contribution in [0.2, 0.25) is 5.02 Å². The van der Waals surface area contributed by atoms with Crippen molar-refractivity contribution in [3.63, 3.8) is 0 Å². The molecule has 7 heteroatoms. The van der Waals surface area contributed by atoms with Gasteiger partial charge in [-0.2, -0.15) is 0 Å². The molecule has 0 spiro atoms. The Balaban J connectivity index is 1.62. The zero-order valence-corrected chi connectivity index (χ0v) is 17.6. The molecule has 1 saturated heterocycles. The number of hydrogen-bond donors (Lipinski definition) is 0. The molecule has 0 aliphatic carbocycles. The molecular formula is C22H22ClN3O2S. The Kier molecular flexibility index (Phi) is 6.21. The van der Waals surface area contributed by atoms with Gasteiger partial charge in [0.15, 0.2) is 5.16 Å². The number of hydrogen-bond acceptors (Lipinski definition) is 4. The van der Waals surface area contributed by atoms with Gasteiger partial charge in [0.2, 0.25) is 5.91 Å². The molecule has 1 aromatic heterocycles. The highest BCUT2D eigenvalue weighted by molar-refractivity contribution is 7.99. The van der Waals surface area contributed by atoms with E-state index in [-0.39, 0.29) is 11.5 Å². The van der Waals surface area contributed by atoms with Crippen LogP contribution in [0.3, 0.4) is 0 Å². The maximum absolute atomic E-state index is 13.2. The number of rotatable bonds is 5. The monoisotopic (exact) mass is 427 g/mol. The Labute approximate surface area is 178 Å². The SMILES string of the molecule is O=C(CCSc1nc2ccccc2c(=O)n1-c1ccc(Cl)cc1)N1CCCCC1. The maximum atomic E-state index is 13.2. The number of thioether (sulfide) groups is 1. The van der Waals surface area contributed by atoms with Gasteiger partial charge in [0.25, 0.3) is 5.56 Å². The summed E-state index contributed by atoms with van der Waals surface area (Å²) >= 11 is 7.45. The van der Waals surface area contributed by atoms with E-state index in [1.165, 1.54) is 18.2 Å². The number of carbonyl (C=O) groups is 1. The lowest BCUT2D eigenvalue weighted by Crippen LogP contribution is -2.35. The molecule has 1 aliphatic heterocycles. The summed E-state index contributed by atoms with van der Waals surface area (Å²) in [5, 5.41) is 1.76. The average molecular weight is 428 g/mol. The van der Waals surface area contributed by atoms with E-state index in [2.05, 4.69) is 0 Å². The third kappa shape index (κ3) is 4.49. The third-order valence-corrected chi connectivity index (χ3v) is 6.28. The second-order valence-electron chi connectivity index (χ2n) is 7.07. The summed E-state index contributed by atoms with van der Waals surface area (Å²) in [5.74, 6) is 0.756. The van der Waals surface area contributed by atoms with Crippen LogP contribution in [0.15, 0.2) is 58.5 Å². The molecule has 0 saturated carbocycles. The summed E-state index contributed by atoms with van der Waals surface area (Å²) in [4.78, 5) is 32.3. The fourth-order valence-corrected chi connectivity index (χ4v) is 4.62. The van der Waals surface area contributed by atoms with Gasteiger partial charge in [-0.15, -0.1) is 0 Å². The van der Waals surface area contributed by atoms with Crippen LogP contribution in [0, 0.1) is 0 Å². The summed E-state index contributed by atoms with van der Waals surface area (Å²) < 4.78 is 1.61. The third-order valence-electron chi connectivity index (χ3n) is 5.09. The van der Waals surface area contributed by atoms with E-state index in [0.29, 0.717) is 38.9 Å². The zero-order valence-electron chi connectivity index (χ0n) is 16.0. The summed E-state index contributed by atoms with van der Waals surface area (Å²) in [7, 11) is 0. The van der Waals surface area contributed by atoms with Gasteiger partial charge < -0.3 is 4.90 Å². The lowest BCUT2D eigenvalue weighted by molar-refractivity contribution is -0.131. The number of carbonyl (C=O) groups excluding carboxylic acids is 1. The minimum absolute atomic E-state index is 0.122. The molecule has 0 radical (unpaired) electrons. The lowest BCUT2D eigenvalue weighted by Gasteiger charge is -2.26. The molecule has 150 valence electrons. The van der Waals surface area contributed by atoms with Crippen LogP contribution in [-0.2, 0) is 4.79 Å². The number of likely N-dealkylation sites (tertiary alicyclic amines) is 1. The van der Waals surface area contributed by atoms with Gasteiger partial charge in [0, 0.05) is 30.3 Å². The number of para-hydroxylation sites is 1. The highest BCUT2D eigenvalue weighted by atomic mass is 35.5. The zero-order chi connectivity index (χ0) is 20.2. The Morgan fingerprint density at radius 3 is 2.52 bits per heavy atom. The van der Waals surface area contributed by atoms with Crippen molar-refractivity contribution in [3.8, 4) is 5.69 Å². The number of aromatic nitrogens is 2. The van der Waals surface area contributed by atoms with Crippen molar-refractivity contribution < 1.29 is 4.79 Å². The molecule has 4 rings (SSSR count). The van der Waals surface area contributed by atoms with Gasteiger partial charge in [-0.3, -0.25) is 14.2 Å². The van der Waals surface area contributed by atoms with Crippen molar-refractivity contribution in [2.24, 2.45) is 0 Å². The number of nitrogens with zero attached hydrogens (tertiary/aromatic N) is 3. The Hall–Kier alpha value is -2.31. The number of amides is 1. The molecule has 29 heavy (non-hydrogen) atoms. The lowest BCUT2D eigenvalue weighted by atomic mass is 10.1. The molecule has 0 bridgehead atoms. The Morgan fingerprint density at radius 1 is 1.03 bits per heavy atom. The summed E-state index contributed by atoms with van der Waals surface area (Å²) in [5.41, 5.74) is 1.25. The smallest absolute Gasteiger partial charge is 0.266 e. The molecule has 1 amide bonds. The molecule has 0 unspecified atom stereocenters. The van der Waals surface area contributed by atoms with E-state index in [0.717, 1.165) is 25.9 Å². The number of fused-ring (bicyclic) bond motifs is 1. The largest absolute Gasteiger partial charge is 0.343 e. The van der Waals surface area contributed by atoms with Gasteiger partial charge in [-0.25, -0.2) is 4.98 Å². The van der Waals surface area contributed by atoms with Crippen molar-refractivity contribution in [1.29, 1.82) is 0 Å². The molecule has 0 N–H and O–H groups in total. The van der Waals surface area contributed by atoms with E-state index >= 15 is 0 Å². The highest BCUT2D eigenvalue weighted by Crippen LogP contribution is 2.23. The van der Waals surface area contributed by atoms with Gasteiger partial charge in [-0.05, 0) is 55.7 Å². The van der Waals surface area contributed by atoms with Gasteiger partial charge in [0.1, 0.15) is 0 Å². The molecule has 3 aromatic rings. The van der Waals surface area contributed by atoms with Crippen LogP contribution in [0.1, 0.15) is 25.7 Å². The number of piperidine rings is 1. The van der Waals surface area contributed by atoms with Crippen LogP contribution < -0.4 is 5.56 Å². The second kappa shape index (κ2) is 9.01. The van der Waals surface area contributed by atoms with Crippen molar-refractivity contribution in [2.45, 2.75) is 30.8 Å². The van der Waals surface area contributed by atoms with Crippen LogP contribution in [0.5, 0.6) is 0 Å². The predicted octanol–water partition coefficient (Wildman–Crippen LogP) is 4.53. The molecular weight excluding hydrogens is 406 g/mol. The van der Waals surface area contributed by atoms with Crippen LogP contribution in [0.4, 0.5) is 0 Å². The highest BCUT2D eigenvalue weighted by Gasteiger charge is 2.18. The molecule has 5 nitrogen and oxygen atoms in total. The molecule has 1 aliphatic rings. The van der Waals surface area contributed by atoms with Gasteiger partial charge in [0.05, 0.1) is 16.6 Å². The first-order valence-electron chi connectivity index (χ1n) is 9.82. The van der Waals surface area contributed by atoms with Crippen LogP contribution in [0.25, 0.3) is 16.6 Å². The first-order chi connectivity index (χ1) is 14.1. The van der Waals surface area contributed by atoms with Gasteiger partial charge >= 0.3 is 0 Å².